The van der Waals surface area contributed by atoms with Crippen molar-refractivity contribution in [1.82, 2.24) is 14.9 Å². The molecule has 1 N–H and O–H groups in total. The largest absolute Gasteiger partial charge is 0.280 e. The first-order chi connectivity index (χ1) is 13.3. The zero-order valence-corrected chi connectivity index (χ0v) is 16.3. The first-order valence-electron chi connectivity index (χ1n) is 8.20. The Morgan fingerprint density at radius 2 is 1.89 bits per heavy atom. The summed E-state index contributed by atoms with van der Waals surface area (Å²) in [5.41, 5.74) is 1.28. The fourth-order valence-electron chi connectivity index (χ4n) is 2.72. The smallest absolute Gasteiger partial charge is 0.268 e. The summed E-state index contributed by atoms with van der Waals surface area (Å²) in [5.74, 6) is -0.708. The first kappa shape index (κ1) is 18.3. The van der Waals surface area contributed by atoms with Gasteiger partial charge < -0.3 is 0 Å². The maximum absolute atomic E-state index is 12.5. The third-order valence-corrected chi connectivity index (χ3v) is 7.01. The van der Waals surface area contributed by atoms with E-state index >= 15 is 0 Å². The Bertz CT molecular complexity index is 1150. The number of anilines is 1. The summed E-state index contributed by atoms with van der Waals surface area (Å²) in [6.45, 7) is 1.84. The van der Waals surface area contributed by atoms with Gasteiger partial charge in [0, 0.05) is 17.3 Å². The van der Waals surface area contributed by atoms with Crippen molar-refractivity contribution in [3.63, 3.8) is 0 Å². The summed E-state index contributed by atoms with van der Waals surface area (Å²) >= 11 is 0.987. The van der Waals surface area contributed by atoms with Gasteiger partial charge in [-0.05, 0) is 42.8 Å². The van der Waals surface area contributed by atoms with Crippen molar-refractivity contribution in [2.45, 2.75) is 17.7 Å². The average molecular weight is 414 g/mol. The molecule has 0 saturated carbocycles. The molecule has 28 heavy (non-hydrogen) atoms. The molecule has 0 radical (unpaired) electrons. The fraction of sp³-hybridized carbons (Fsp3) is 0.111. The predicted octanol–water partition coefficient (Wildman–Crippen LogP) is 2.44. The number of aryl methyl sites for hydroxylation is 1. The van der Waals surface area contributed by atoms with E-state index < -0.39 is 21.8 Å². The summed E-state index contributed by atoms with van der Waals surface area (Å²) in [5, 5.41) is 0. The normalized spacial score (nSPS) is 13.7. The second-order valence-corrected chi connectivity index (χ2v) is 9.22. The molecule has 0 saturated heterocycles. The number of imide groups is 1. The molecule has 4 heterocycles. The quantitative estimate of drug-likeness (QED) is 0.642. The molecule has 142 valence electrons. The van der Waals surface area contributed by atoms with Gasteiger partial charge in [0.25, 0.3) is 21.8 Å². The van der Waals surface area contributed by atoms with Crippen LogP contribution in [-0.2, 0) is 16.6 Å². The van der Waals surface area contributed by atoms with Crippen LogP contribution < -0.4 is 4.72 Å². The van der Waals surface area contributed by atoms with E-state index in [4.69, 9.17) is 0 Å². The number of hydrogen-bond donors (Lipinski definition) is 1. The van der Waals surface area contributed by atoms with Crippen LogP contribution in [0.5, 0.6) is 0 Å². The lowest BCUT2D eigenvalue weighted by Crippen LogP contribution is -2.28. The highest BCUT2D eigenvalue weighted by Gasteiger charge is 2.36. The van der Waals surface area contributed by atoms with E-state index in [-0.39, 0.29) is 27.8 Å². The van der Waals surface area contributed by atoms with Crippen LogP contribution >= 0.6 is 11.3 Å². The average Bonchev–Trinajstić information content (AvgIpc) is 3.24. The number of thiophene rings is 1. The molecule has 0 aliphatic carbocycles. The number of carbonyl (C=O) groups excluding carboxylic acids is 2. The lowest BCUT2D eigenvalue weighted by atomic mass is 10.2. The SMILES string of the molecule is Cc1ccc(NS(=O)(=O)c2ccc(CN3C(=O)c4cccnc4C3=O)s2)nc1. The molecule has 3 aromatic heterocycles. The molecule has 4 rings (SSSR count). The fourth-order valence-corrected chi connectivity index (χ4v) is 5.07. The van der Waals surface area contributed by atoms with Crippen molar-refractivity contribution in [3.8, 4) is 0 Å². The van der Waals surface area contributed by atoms with Gasteiger partial charge in [-0.2, -0.15) is 0 Å². The number of pyridine rings is 2. The summed E-state index contributed by atoms with van der Waals surface area (Å²) in [6, 6.07) is 9.49. The second-order valence-electron chi connectivity index (χ2n) is 6.14. The Hall–Kier alpha value is -3.11. The van der Waals surface area contributed by atoms with Crippen molar-refractivity contribution in [1.29, 1.82) is 0 Å². The molecular weight excluding hydrogens is 400 g/mol. The van der Waals surface area contributed by atoms with Crippen LogP contribution in [0.3, 0.4) is 0 Å². The Morgan fingerprint density at radius 1 is 1.07 bits per heavy atom. The van der Waals surface area contributed by atoms with E-state index in [2.05, 4.69) is 14.7 Å². The lowest BCUT2D eigenvalue weighted by molar-refractivity contribution is 0.0642. The first-order valence-corrected chi connectivity index (χ1v) is 10.5. The summed E-state index contributed by atoms with van der Waals surface area (Å²) in [7, 11) is -3.81. The number of hydrogen-bond acceptors (Lipinski definition) is 7. The number of aromatic nitrogens is 2. The zero-order valence-electron chi connectivity index (χ0n) is 14.6. The lowest BCUT2D eigenvalue weighted by Gasteiger charge is -2.11. The number of amides is 2. The van der Waals surface area contributed by atoms with Gasteiger partial charge in [-0.3, -0.25) is 24.2 Å². The van der Waals surface area contributed by atoms with Crippen LogP contribution in [0.15, 0.2) is 53.0 Å². The molecule has 0 aromatic carbocycles. The van der Waals surface area contributed by atoms with E-state index in [0.29, 0.717) is 4.88 Å². The highest BCUT2D eigenvalue weighted by molar-refractivity contribution is 7.94. The number of carbonyl (C=O) groups is 2. The van der Waals surface area contributed by atoms with Crippen molar-refractivity contribution in [3.05, 3.63) is 70.5 Å². The summed E-state index contributed by atoms with van der Waals surface area (Å²) in [4.78, 5) is 34.4. The molecule has 10 heteroatoms. The Morgan fingerprint density at radius 3 is 2.61 bits per heavy atom. The van der Waals surface area contributed by atoms with Crippen molar-refractivity contribution < 1.29 is 18.0 Å². The van der Waals surface area contributed by atoms with E-state index in [9.17, 15) is 18.0 Å². The summed E-state index contributed by atoms with van der Waals surface area (Å²) in [6.07, 6.45) is 3.02. The minimum Gasteiger partial charge on any atom is -0.268 e. The van der Waals surface area contributed by atoms with Crippen molar-refractivity contribution in [2.24, 2.45) is 0 Å². The highest BCUT2D eigenvalue weighted by Crippen LogP contribution is 2.28. The van der Waals surface area contributed by atoms with Crippen LogP contribution in [0.2, 0.25) is 0 Å². The third-order valence-electron chi connectivity index (χ3n) is 4.10. The molecule has 1 aliphatic heterocycles. The van der Waals surface area contributed by atoms with Crippen LogP contribution in [0.1, 0.15) is 31.3 Å². The van der Waals surface area contributed by atoms with Gasteiger partial charge in [0.1, 0.15) is 15.7 Å². The Labute approximate surface area is 164 Å². The minimum atomic E-state index is -3.81. The maximum Gasteiger partial charge on any atom is 0.280 e. The molecule has 0 spiro atoms. The van der Waals surface area contributed by atoms with Crippen molar-refractivity contribution in [2.75, 3.05) is 4.72 Å². The molecule has 2 amide bonds. The number of fused-ring (bicyclic) bond motifs is 1. The van der Waals surface area contributed by atoms with Crippen LogP contribution in [0.4, 0.5) is 5.82 Å². The molecule has 0 bridgehead atoms. The molecule has 0 unspecified atom stereocenters. The van der Waals surface area contributed by atoms with Crippen LogP contribution in [0.25, 0.3) is 0 Å². The van der Waals surface area contributed by atoms with Gasteiger partial charge in [0.15, 0.2) is 0 Å². The van der Waals surface area contributed by atoms with Gasteiger partial charge in [0.2, 0.25) is 0 Å². The van der Waals surface area contributed by atoms with E-state index in [1.807, 2.05) is 6.92 Å². The summed E-state index contributed by atoms with van der Waals surface area (Å²) < 4.78 is 27.6. The maximum atomic E-state index is 12.5. The van der Waals surface area contributed by atoms with Gasteiger partial charge in [-0.25, -0.2) is 13.4 Å². The Kier molecular flexibility index (Phi) is 4.44. The van der Waals surface area contributed by atoms with E-state index in [0.717, 1.165) is 21.8 Å². The van der Waals surface area contributed by atoms with Gasteiger partial charge in [-0.15, -0.1) is 11.3 Å². The number of rotatable bonds is 5. The second kappa shape index (κ2) is 6.80. The number of nitrogens with zero attached hydrogens (tertiary/aromatic N) is 3. The van der Waals surface area contributed by atoms with Gasteiger partial charge in [-0.1, -0.05) is 6.07 Å². The highest BCUT2D eigenvalue weighted by atomic mass is 32.2. The monoisotopic (exact) mass is 414 g/mol. The predicted molar refractivity (Wildman–Crippen MR) is 103 cm³/mol. The topological polar surface area (TPSA) is 109 Å². The number of nitrogens with one attached hydrogen (secondary N) is 1. The molecule has 8 nitrogen and oxygen atoms in total. The van der Waals surface area contributed by atoms with Crippen LogP contribution in [0, 0.1) is 6.92 Å². The van der Waals surface area contributed by atoms with Gasteiger partial charge >= 0.3 is 0 Å². The standard InChI is InChI=1S/C18H14N4O4S2/c1-11-4-6-14(20-9-11)21-28(25,26)15-7-5-12(27-15)10-22-17(23)13-3-2-8-19-16(13)18(22)24/h2-9H,10H2,1H3,(H,20,21). The van der Waals surface area contributed by atoms with Crippen LogP contribution in [-0.4, -0.2) is 35.1 Å². The third kappa shape index (κ3) is 3.27. The Balaban J connectivity index is 1.53. The van der Waals surface area contributed by atoms with E-state index in [1.54, 1.807) is 36.5 Å². The van der Waals surface area contributed by atoms with Gasteiger partial charge in [0.05, 0.1) is 12.1 Å². The molecule has 3 aromatic rings. The van der Waals surface area contributed by atoms with Crippen molar-refractivity contribution >= 4 is 39.0 Å². The van der Waals surface area contributed by atoms with E-state index in [1.165, 1.54) is 12.3 Å². The molecule has 0 atom stereocenters. The zero-order chi connectivity index (χ0) is 19.9. The molecular formula is C18H14N4O4S2. The minimum absolute atomic E-state index is 0.0169. The molecule has 0 fully saturated rings. The number of sulfonamides is 1. The molecule has 1 aliphatic rings.